The molecule has 5 aromatic rings. The fourth-order valence-corrected chi connectivity index (χ4v) is 5.06. The summed E-state index contributed by atoms with van der Waals surface area (Å²) in [6.07, 6.45) is 1.90. The van der Waals surface area contributed by atoms with Crippen molar-refractivity contribution in [3.8, 4) is 16.9 Å². The van der Waals surface area contributed by atoms with Crippen LogP contribution in [0.3, 0.4) is 0 Å². The van der Waals surface area contributed by atoms with Gasteiger partial charge in [0.25, 0.3) is 0 Å². The van der Waals surface area contributed by atoms with Gasteiger partial charge in [-0.15, -0.1) is 0 Å². The summed E-state index contributed by atoms with van der Waals surface area (Å²) in [4.78, 5) is 9.68. The van der Waals surface area contributed by atoms with Crippen LogP contribution in [0.1, 0.15) is 5.69 Å². The summed E-state index contributed by atoms with van der Waals surface area (Å²) < 4.78 is 8.14. The summed E-state index contributed by atoms with van der Waals surface area (Å²) in [7, 11) is 0. The number of fused-ring (bicyclic) bond motifs is 2. The van der Waals surface area contributed by atoms with E-state index in [0.29, 0.717) is 6.61 Å². The summed E-state index contributed by atoms with van der Waals surface area (Å²) in [5, 5.41) is 7.80. The first kappa shape index (κ1) is 22.8. The molecule has 0 saturated carbocycles. The van der Waals surface area contributed by atoms with Gasteiger partial charge in [0.05, 0.1) is 6.20 Å². The van der Waals surface area contributed by atoms with Crippen LogP contribution in [0.25, 0.3) is 27.5 Å². The zero-order valence-corrected chi connectivity index (χ0v) is 21.0. The summed E-state index contributed by atoms with van der Waals surface area (Å²) in [6, 6.07) is 24.6. The molecule has 0 bridgehead atoms. The molecule has 0 amide bonds. The first-order valence-electron chi connectivity index (χ1n) is 12.3. The number of hydrogen-bond acceptors (Lipinski definition) is 5. The Morgan fingerprint density at radius 3 is 2.53 bits per heavy atom. The number of aryl methyl sites for hydroxylation is 1. The number of benzene rings is 3. The molecule has 0 unspecified atom stereocenters. The van der Waals surface area contributed by atoms with Gasteiger partial charge in [-0.1, -0.05) is 60.1 Å². The van der Waals surface area contributed by atoms with Gasteiger partial charge in [-0.25, -0.2) is 4.98 Å². The molecular formula is C29H28ClN5O. The van der Waals surface area contributed by atoms with Gasteiger partial charge in [0, 0.05) is 60.5 Å². The second-order valence-electron chi connectivity index (χ2n) is 9.21. The molecule has 3 heterocycles. The van der Waals surface area contributed by atoms with Crippen molar-refractivity contribution >= 4 is 33.8 Å². The molecule has 3 aromatic carbocycles. The predicted octanol–water partition coefficient (Wildman–Crippen LogP) is 5.71. The van der Waals surface area contributed by atoms with Gasteiger partial charge in [-0.2, -0.15) is 9.61 Å². The van der Waals surface area contributed by atoms with Crippen molar-refractivity contribution in [1.82, 2.24) is 19.5 Å². The molecule has 0 spiro atoms. The average Bonchev–Trinajstić information content (AvgIpc) is 3.33. The van der Waals surface area contributed by atoms with E-state index < -0.39 is 0 Å². The van der Waals surface area contributed by atoms with E-state index in [2.05, 4.69) is 58.3 Å². The molecule has 0 atom stereocenters. The molecule has 0 aliphatic carbocycles. The number of anilines is 1. The fourth-order valence-electron chi connectivity index (χ4n) is 4.93. The van der Waals surface area contributed by atoms with E-state index in [-0.39, 0.29) is 0 Å². The summed E-state index contributed by atoms with van der Waals surface area (Å²) >= 11 is 6.09. The Labute approximate surface area is 215 Å². The van der Waals surface area contributed by atoms with Crippen LogP contribution in [0.4, 0.5) is 5.82 Å². The minimum atomic E-state index is 0.677. The van der Waals surface area contributed by atoms with Crippen molar-refractivity contribution in [2.45, 2.75) is 6.92 Å². The molecular weight excluding hydrogens is 470 g/mol. The molecule has 1 fully saturated rings. The van der Waals surface area contributed by atoms with Gasteiger partial charge >= 0.3 is 0 Å². The van der Waals surface area contributed by atoms with Gasteiger partial charge in [0.15, 0.2) is 5.65 Å². The van der Waals surface area contributed by atoms with E-state index in [1.165, 1.54) is 10.8 Å². The predicted molar refractivity (Wildman–Crippen MR) is 146 cm³/mol. The number of ether oxygens (including phenoxy) is 1. The highest BCUT2D eigenvalue weighted by Gasteiger charge is 2.21. The standard InChI is InChI=1S/C29H28ClN5O/c1-21-19-28(35-29(32-21)26(20-31-35)23-9-11-24(30)12-10-23)34-15-13-33(14-16-34)17-18-36-27-8-4-6-22-5-2-3-7-25(22)27/h2-12,19-20H,13-18H2,1H3. The molecule has 7 heteroatoms. The Kier molecular flexibility index (Phi) is 6.21. The molecule has 182 valence electrons. The molecule has 2 aromatic heterocycles. The van der Waals surface area contributed by atoms with E-state index in [0.717, 1.165) is 71.8 Å². The number of nitrogens with zero attached hydrogens (tertiary/aromatic N) is 5. The fraction of sp³-hybridized carbons (Fsp3) is 0.241. The first-order valence-corrected chi connectivity index (χ1v) is 12.7. The largest absolute Gasteiger partial charge is 0.492 e. The van der Waals surface area contributed by atoms with Gasteiger partial charge in [-0.3, -0.25) is 4.90 Å². The van der Waals surface area contributed by atoms with Crippen LogP contribution in [0, 0.1) is 6.92 Å². The second kappa shape index (κ2) is 9.80. The Morgan fingerprint density at radius 2 is 1.69 bits per heavy atom. The van der Waals surface area contributed by atoms with Gasteiger partial charge in [0.1, 0.15) is 18.2 Å². The van der Waals surface area contributed by atoms with E-state index in [1.807, 2.05) is 41.9 Å². The van der Waals surface area contributed by atoms with Crippen molar-refractivity contribution in [2.75, 3.05) is 44.2 Å². The van der Waals surface area contributed by atoms with Crippen molar-refractivity contribution in [2.24, 2.45) is 0 Å². The maximum absolute atomic E-state index is 6.17. The molecule has 0 N–H and O–H groups in total. The number of hydrogen-bond donors (Lipinski definition) is 0. The molecule has 0 radical (unpaired) electrons. The highest BCUT2D eigenvalue weighted by molar-refractivity contribution is 6.30. The molecule has 1 saturated heterocycles. The Bertz CT molecular complexity index is 1500. The number of aromatic nitrogens is 3. The quantitative estimate of drug-likeness (QED) is 0.300. The topological polar surface area (TPSA) is 45.9 Å². The number of halogens is 1. The Balaban J connectivity index is 1.12. The third-order valence-electron chi connectivity index (χ3n) is 6.85. The van der Waals surface area contributed by atoms with E-state index >= 15 is 0 Å². The molecule has 1 aliphatic rings. The molecule has 6 nitrogen and oxygen atoms in total. The minimum Gasteiger partial charge on any atom is -0.492 e. The lowest BCUT2D eigenvalue weighted by molar-refractivity contribution is 0.201. The lowest BCUT2D eigenvalue weighted by Crippen LogP contribution is -2.48. The maximum atomic E-state index is 6.17. The van der Waals surface area contributed by atoms with Crippen LogP contribution in [-0.2, 0) is 0 Å². The van der Waals surface area contributed by atoms with Crippen LogP contribution in [-0.4, -0.2) is 58.8 Å². The summed E-state index contributed by atoms with van der Waals surface area (Å²) in [5.74, 6) is 2.04. The molecule has 6 rings (SSSR count). The van der Waals surface area contributed by atoms with Crippen LogP contribution in [0.5, 0.6) is 5.75 Å². The van der Waals surface area contributed by atoms with Crippen molar-refractivity contribution in [3.05, 3.63) is 89.7 Å². The number of piperazine rings is 1. The van der Waals surface area contributed by atoms with Crippen LogP contribution in [0.2, 0.25) is 5.02 Å². The normalized spacial score (nSPS) is 14.6. The van der Waals surface area contributed by atoms with E-state index in [1.54, 1.807) is 0 Å². The van der Waals surface area contributed by atoms with Gasteiger partial charge < -0.3 is 9.64 Å². The van der Waals surface area contributed by atoms with Gasteiger partial charge in [0.2, 0.25) is 0 Å². The van der Waals surface area contributed by atoms with Crippen LogP contribution < -0.4 is 9.64 Å². The van der Waals surface area contributed by atoms with Gasteiger partial charge in [-0.05, 0) is 36.1 Å². The van der Waals surface area contributed by atoms with Crippen molar-refractivity contribution < 1.29 is 4.74 Å². The lowest BCUT2D eigenvalue weighted by atomic mass is 10.1. The SMILES string of the molecule is Cc1cc(N2CCN(CCOc3cccc4ccccc34)CC2)n2ncc(-c3ccc(Cl)cc3)c2n1. The lowest BCUT2D eigenvalue weighted by Gasteiger charge is -2.36. The smallest absolute Gasteiger partial charge is 0.165 e. The monoisotopic (exact) mass is 497 g/mol. The van der Waals surface area contributed by atoms with Crippen molar-refractivity contribution in [3.63, 3.8) is 0 Å². The van der Waals surface area contributed by atoms with E-state index in [4.69, 9.17) is 26.4 Å². The van der Waals surface area contributed by atoms with Crippen molar-refractivity contribution in [1.29, 1.82) is 0 Å². The summed E-state index contributed by atoms with van der Waals surface area (Å²) in [6.45, 7) is 7.45. The first-order chi connectivity index (χ1) is 17.7. The third-order valence-corrected chi connectivity index (χ3v) is 7.10. The highest BCUT2D eigenvalue weighted by atomic mass is 35.5. The zero-order chi connectivity index (χ0) is 24.5. The minimum absolute atomic E-state index is 0.677. The Hall–Kier alpha value is -3.61. The summed E-state index contributed by atoms with van der Waals surface area (Å²) in [5.41, 5.74) is 3.94. The van der Waals surface area contributed by atoms with Crippen LogP contribution >= 0.6 is 11.6 Å². The highest BCUT2D eigenvalue weighted by Crippen LogP contribution is 2.29. The zero-order valence-electron chi connectivity index (χ0n) is 20.3. The average molecular weight is 498 g/mol. The third kappa shape index (κ3) is 4.50. The number of rotatable bonds is 6. The molecule has 1 aliphatic heterocycles. The van der Waals surface area contributed by atoms with E-state index in [9.17, 15) is 0 Å². The Morgan fingerprint density at radius 1 is 0.917 bits per heavy atom. The maximum Gasteiger partial charge on any atom is 0.165 e. The second-order valence-corrected chi connectivity index (χ2v) is 9.65. The van der Waals surface area contributed by atoms with Crippen LogP contribution in [0.15, 0.2) is 79.0 Å². The molecule has 36 heavy (non-hydrogen) atoms.